The van der Waals surface area contributed by atoms with Gasteiger partial charge < -0.3 is 19.8 Å². The van der Waals surface area contributed by atoms with Crippen LogP contribution >= 0.6 is 0 Å². The maximum atomic E-state index is 10.1. The summed E-state index contributed by atoms with van der Waals surface area (Å²) in [6.07, 6.45) is 19.7. The maximum Gasteiger partial charge on any atom is 1.00 e. The van der Waals surface area contributed by atoms with Crippen molar-refractivity contribution >= 4 is 11.9 Å². The van der Waals surface area contributed by atoms with E-state index in [1.54, 1.807) is 0 Å². The summed E-state index contributed by atoms with van der Waals surface area (Å²) in [5.74, 6) is -1.85. The van der Waals surface area contributed by atoms with E-state index < -0.39 is 11.9 Å². The molecule has 0 radical (unpaired) electrons. The second-order valence-corrected chi connectivity index (χ2v) is 6.64. The van der Waals surface area contributed by atoms with Crippen molar-refractivity contribution in [3.63, 3.8) is 0 Å². The molecule has 0 aromatic carbocycles. The van der Waals surface area contributed by atoms with Gasteiger partial charge >= 0.3 is 34.1 Å². The van der Waals surface area contributed by atoms with Crippen molar-refractivity contribution < 1.29 is 53.9 Å². The average molecular weight is 494 g/mol. The van der Waals surface area contributed by atoms with Gasteiger partial charge in [-0.3, -0.25) is 0 Å². The van der Waals surface area contributed by atoms with Crippen molar-refractivity contribution in [1.82, 2.24) is 0 Å². The molecule has 28 heavy (non-hydrogen) atoms. The largest absolute Gasteiger partial charge is 1.00 e. The van der Waals surface area contributed by atoms with Gasteiger partial charge in [-0.2, -0.15) is 0 Å². The van der Waals surface area contributed by atoms with E-state index in [1.807, 2.05) is 12.2 Å². The fourth-order valence-electron chi connectivity index (χ4n) is 2.53. The summed E-state index contributed by atoms with van der Waals surface area (Å²) in [6, 6.07) is 0. The normalized spacial score (nSPS) is 9.14. The standard InChI is InChI=1S/2C11H20O2.2Cu/c2*1-2-3-4-5-6-7-8-9-10-11(12)13;;/h2*2H,1,3-10H2,(H,12,13);;/q;;2*+1/p-2. The van der Waals surface area contributed by atoms with Crippen molar-refractivity contribution in [2.75, 3.05) is 0 Å². The molecule has 0 amide bonds. The monoisotopic (exact) mass is 492 g/mol. The van der Waals surface area contributed by atoms with E-state index in [0.717, 1.165) is 51.4 Å². The molecule has 0 aromatic rings. The molecule has 0 aliphatic carbocycles. The minimum atomic E-state index is -0.924. The van der Waals surface area contributed by atoms with Crippen LogP contribution in [0.4, 0.5) is 0 Å². The summed E-state index contributed by atoms with van der Waals surface area (Å²) in [6.45, 7) is 7.31. The van der Waals surface area contributed by atoms with Gasteiger partial charge in [-0.15, -0.1) is 13.2 Å². The van der Waals surface area contributed by atoms with E-state index in [1.165, 1.54) is 38.5 Å². The number of aliphatic carboxylic acids is 2. The topological polar surface area (TPSA) is 80.3 Å². The first-order valence-electron chi connectivity index (χ1n) is 10.2. The second kappa shape index (κ2) is 31.2. The molecule has 0 aromatic heterocycles. The molecule has 0 saturated heterocycles. The Bertz CT molecular complexity index is 326. The van der Waals surface area contributed by atoms with Gasteiger partial charge in [-0.25, -0.2) is 0 Å². The van der Waals surface area contributed by atoms with Gasteiger partial charge in [0.1, 0.15) is 0 Å². The predicted octanol–water partition coefficient (Wildman–Crippen LogP) is 4.08. The molecule has 0 N–H and O–H groups in total. The van der Waals surface area contributed by atoms with Crippen LogP contribution in [-0.4, -0.2) is 11.9 Å². The van der Waals surface area contributed by atoms with E-state index in [-0.39, 0.29) is 47.0 Å². The molecule has 0 unspecified atom stereocenters. The van der Waals surface area contributed by atoms with Crippen LogP contribution in [0.25, 0.3) is 0 Å². The third kappa shape index (κ3) is 40.2. The molecule has 172 valence electrons. The molecule has 6 heteroatoms. The number of carboxylic acids is 2. The Balaban J connectivity index is -0.000000192. The Morgan fingerprint density at radius 1 is 0.536 bits per heavy atom. The molecule has 0 heterocycles. The van der Waals surface area contributed by atoms with Crippen LogP contribution in [0.3, 0.4) is 0 Å². The fourth-order valence-corrected chi connectivity index (χ4v) is 2.53. The first-order valence-corrected chi connectivity index (χ1v) is 10.2. The summed E-state index contributed by atoms with van der Waals surface area (Å²) in [5.41, 5.74) is 0. The summed E-state index contributed by atoms with van der Waals surface area (Å²) in [7, 11) is 0. The molecule has 0 aliphatic heterocycles. The number of hydrogen-bond donors (Lipinski definition) is 0. The van der Waals surface area contributed by atoms with Crippen LogP contribution < -0.4 is 10.2 Å². The summed E-state index contributed by atoms with van der Waals surface area (Å²) < 4.78 is 0. The fraction of sp³-hybridized carbons (Fsp3) is 0.727. The van der Waals surface area contributed by atoms with Crippen LogP contribution in [0.5, 0.6) is 0 Å². The zero-order valence-electron chi connectivity index (χ0n) is 17.1. The van der Waals surface area contributed by atoms with Gasteiger partial charge in [0.15, 0.2) is 0 Å². The van der Waals surface area contributed by atoms with Gasteiger partial charge in [0.2, 0.25) is 0 Å². The number of unbranched alkanes of at least 4 members (excludes halogenated alkanes) is 12. The van der Waals surface area contributed by atoms with Crippen molar-refractivity contribution in [3.8, 4) is 0 Å². The molecule has 0 saturated carbocycles. The molecular formula is C22H38Cu2O4. The van der Waals surface area contributed by atoms with Crippen LogP contribution in [0.1, 0.15) is 103 Å². The smallest absolute Gasteiger partial charge is 0.550 e. The molecule has 4 nitrogen and oxygen atoms in total. The van der Waals surface area contributed by atoms with Crippen molar-refractivity contribution in [1.29, 1.82) is 0 Å². The Morgan fingerprint density at radius 3 is 1.04 bits per heavy atom. The molecule has 0 rings (SSSR count). The number of carboxylic acid groups (broad SMARTS) is 2. The number of carbonyl (C=O) groups excluding carboxylic acids is 2. The van der Waals surface area contributed by atoms with Gasteiger partial charge in [0.05, 0.1) is 0 Å². The van der Waals surface area contributed by atoms with E-state index >= 15 is 0 Å². The molecule has 0 atom stereocenters. The average Bonchev–Trinajstić information content (AvgIpc) is 2.60. The van der Waals surface area contributed by atoms with E-state index in [9.17, 15) is 19.8 Å². The Morgan fingerprint density at radius 2 is 0.786 bits per heavy atom. The van der Waals surface area contributed by atoms with Gasteiger partial charge in [0.25, 0.3) is 0 Å². The van der Waals surface area contributed by atoms with Gasteiger partial charge in [0, 0.05) is 11.9 Å². The molecule has 0 fully saturated rings. The van der Waals surface area contributed by atoms with Crippen LogP contribution in [0.15, 0.2) is 25.3 Å². The molecule has 0 spiro atoms. The van der Waals surface area contributed by atoms with Gasteiger partial charge in [-0.1, -0.05) is 63.5 Å². The van der Waals surface area contributed by atoms with E-state index in [2.05, 4.69) is 13.2 Å². The number of hydrogen-bond acceptors (Lipinski definition) is 4. The zero-order valence-corrected chi connectivity index (χ0v) is 19.0. The van der Waals surface area contributed by atoms with E-state index in [0.29, 0.717) is 0 Å². The Hall–Kier alpha value is -0.541. The SMILES string of the molecule is C=CCCCCCCCCC(=O)[O-].C=CCCCCCCCCC(=O)[O-].[Cu+].[Cu+]. The van der Waals surface area contributed by atoms with Crippen LogP contribution in [0.2, 0.25) is 0 Å². The third-order valence-corrected chi connectivity index (χ3v) is 4.08. The van der Waals surface area contributed by atoms with Crippen LogP contribution in [-0.2, 0) is 43.7 Å². The minimum Gasteiger partial charge on any atom is -0.550 e. The Kier molecular flexibility index (Phi) is 38.9. The van der Waals surface area contributed by atoms with Gasteiger partial charge in [-0.05, 0) is 51.4 Å². The first-order chi connectivity index (χ1) is 12.5. The molecule has 0 bridgehead atoms. The quantitative estimate of drug-likeness (QED) is 0.164. The van der Waals surface area contributed by atoms with Crippen molar-refractivity contribution in [3.05, 3.63) is 25.3 Å². The Labute approximate surface area is 193 Å². The number of allylic oxidation sites excluding steroid dienone is 2. The molecular weight excluding hydrogens is 455 g/mol. The van der Waals surface area contributed by atoms with E-state index in [4.69, 9.17) is 0 Å². The summed E-state index contributed by atoms with van der Waals surface area (Å²) >= 11 is 0. The van der Waals surface area contributed by atoms with Crippen molar-refractivity contribution in [2.45, 2.75) is 103 Å². The second-order valence-electron chi connectivity index (χ2n) is 6.64. The molecule has 0 aliphatic rings. The predicted molar refractivity (Wildman–Crippen MR) is 104 cm³/mol. The third-order valence-electron chi connectivity index (χ3n) is 4.08. The zero-order chi connectivity index (χ0) is 19.9. The van der Waals surface area contributed by atoms with Crippen molar-refractivity contribution in [2.24, 2.45) is 0 Å². The summed E-state index contributed by atoms with van der Waals surface area (Å²) in [4.78, 5) is 20.1. The maximum absolute atomic E-state index is 10.1. The van der Waals surface area contributed by atoms with Crippen LogP contribution in [0, 0.1) is 0 Å². The first kappa shape index (κ1) is 34.9. The number of carbonyl (C=O) groups is 2. The number of rotatable bonds is 18. The summed E-state index contributed by atoms with van der Waals surface area (Å²) in [5, 5.41) is 20.1. The minimum absolute atomic E-state index is 0.